The number of quaternary nitrogens is 1. The third-order valence-electron chi connectivity index (χ3n) is 7.78. The predicted octanol–water partition coefficient (Wildman–Crippen LogP) is 12.2. The highest BCUT2D eigenvalue weighted by Crippen LogP contribution is 2.12. The monoisotopic (exact) mass is 577 g/mol. The van der Waals surface area contributed by atoms with E-state index in [-0.39, 0.29) is 0 Å². The van der Waals surface area contributed by atoms with Crippen LogP contribution in [0.5, 0.6) is 0 Å². The summed E-state index contributed by atoms with van der Waals surface area (Å²) in [6.45, 7) is 9.50. The van der Waals surface area contributed by atoms with E-state index in [1.165, 1.54) is 120 Å². The number of hydrogen-bond donors (Lipinski definition) is 1. The number of allylic oxidation sites excluding steroid dienone is 6. The maximum Gasteiger partial charge on any atom is 0.303 e. The molecule has 3 heteroatoms. The second kappa shape index (κ2) is 34.8. The number of carboxylic acid groups (broad SMARTS) is 1. The number of unbranched alkanes of at least 4 members (excludes halogenated alkanes) is 17. The van der Waals surface area contributed by atoms with E-state index >= 15 is 0 Å². The van der Waals surface area contributed by atoms with Crippen molar-refractivity contribution in [3.05, 3.63) is 36.5 Å². The van der Waals surface area contributed by atoms with E-state index in [4.69, 9.17) is 5.11 Å². The summed E-state index contributed by atoms with van der Waals surface area (Å²) < 4.78 is 1.24. The summed E-state index contributed by atoms with van der Waals surface area (Å²) in [7, 11) is 4.85. The van der Waals surface area contributed by atoms with E-state index in [0.717, 1.165) is 44.9 Å². The fourth-order valence-corrected chi connectivity index (χ4v) is 5.00. The van der Waals surface area contributed by atoms with Crippen molar-refractivity contribution in [2.45, 2.75) is 175 Å². The van der Waals surface area contributed by atoms with Crippen LogP contribution in [0, 0.1) is 0 Å². The topological polar surface area (TPSA) is 37.3 Å². The Morgan fingerprint density at radius 1 is 0.512 bits per heavy atom. The van der Waals surface area contributed by atoms with Gasteiger partial charge in [-0.25, -0.2) is 0 Å². The number of hydrogen-bond acceptors (Lipinski definition) is 1. The lowest BCUT2D eigenvalue weighted by Gasteiger charge is -2.30. The maximum atomic E-state index is 10.3. The quantitative estimate of drug-likeness (QED) is 0.0546. The Hall–Kier alpha value is -1.35. The molecule has 0 radical (unpaired) electrons. The zero-order valence-corrected chi connectivity index (χ0v) is 28.7. The van der Waals surface area contributed by atoms with Gasteiger partial charge in [0, 0.05) is 6.42 Å². The van der Waals surface area contributed by atoms with Gasteiger partial charge in [-0.15, -0.1) is 0 Å². The molecule has 0 aliphatic carbocycles. The molecule has 0 saturated heterocycles. The maximum absolute atomic E-state index is 10.3. The van der Waals surface area contributed by atoms with E-state index < -0.39 is 5.97 Å². The number of carbonyl (C=O) groups is 1. The van der Waals surface area contributed by atoms with Gasteiger partial charge in [0.05, 0.1) is 27.2 Å². The van der Waals surface area contributed by atoms with Crippen molar-refractivity contribution in [2.75, 3.05) is 27.2 Å². The molecule has 0 amide bonds. The average molecular weight is 577 g/mol. The van der Waals surface area contributed by atoms with Gasteiger partial charge < -0.3 is 9.59 Å². The Balaban J connectivity index is 0. The molecule has 0 aromatic rings. The Morgan fingerprint density at radius 2 is 0.902 bits per heavy atom. The molecule has 0 unspecified atom stereocenters. The fourth-order valence-electron chi connectivity index (χ4n) is 5.00. The van der Waals surface area contributed by atoms with Crippen LogP contribution in [0.3, 0.4) is 0 Å². The number of aliphatic carboxylic acids is 1. The molecule has 3 nitrogen and oxygen atoms in total. The Labute approximate surface area is 258 Å². The van der Waals surface area contributed by atoms with Crippen LogP contribution in [0.25, 0.3) is 0 Å². The molecular formula is C38H74NO2+. The van der Waals surface area contributed by atoms with E-state index in [2.05, 4.69) is 71.3 Å². The SMILES string of the molecule is CC/C=C\C/C=C\C/C=C\CCCCCCCC(=O)O.CCCCCCCCCC[N+](C)(C)CCCCCCCC. The zero-order chi connectivity index (χ0) is 30.7. The summed E-state index contributed by atoms with van der Waals surface area (Å²) in [6, 6.07) is 0. The number of rotatable bonds is 29. The van der Waals surface area contributed by atoms with Crippen LogP contribution in [-0.4, -0.2) is 42.7 Å². The fraction of sp³-hybridized carbons (Fsp3) is 0.816. The van der Waals surface area contributed by atoms with Gasteiger partial charge in [-0.05, 0) is 64.2 Å². The lowest BCUT2D eigenvalue weighted by Crippen LogP contribution is -2.41. The molecule has 0 aliphatic rings. The van der Waals surface area contributed by atoms with Gasteiger partial charge >= 0.3 is 5.97 Å². The standard InChI is InChI=1S/C20H44N.C18H30O2/c1-5-7-9-11-13-14-16-18-20-21(3,4)19-17-15-12-10-8-6-2;1-2-3-4-5-6-7-8-9-10-11-12-13-14-15-16-17-18(19)20/h5-20H2,1-4H3;3-4,6-7,9-10H,2,5,8,11-17H2,1H3,(H,19,20)/q+1;/b;4-3-,7-6-,10-9-. The third-order valence-corrected chi connectivity index (χ3v) is 7.78. The molecular weight excluding hydrogens is 502 g/mol. The first-order valence-electron chi connectivity index (χ1n) is 17.9. The van der Waals surface area contributed by atoms with E-state index in [1.54, 1.807) is 0 Å². The van der Waals surface area contributed by atoms with Crippen LogP contribution in [0.4, 0.5) is 0 Å². The number of carboxylic acids is 1. The highest BCUT2D eigenvalue weighted by atomic mass is 16.4. The molecule has 1 N–H and O–H groups in total. The molecule has 0 atom stereocenters. The molecule has 0 saturated carbocycles. The Kier molecular flexibility index (Phi) is 35.5. The molecule has 0 spiro atoms. The lowest BCUT2D eigenvalue weighted by molar-refractivity contribution is -0.890. The molecule has 0 aromatic heterocycles. The minimum absolute atomic E-state index is 0.319. The van der Waals surface area contributed by atoms with Gasteiger partial charge in [0.25, 0.3) is 0 Å². The van der Waals surface area contributed by atoms with Crippen molar-refractivity contribution < 1.29 is 14.4 Å². The molecule has 0 aliphatic heterocycles. The highest BCUT2D eigenvalue weighted by Gasteiger charge is 2.13. The average Bonchev–Trinajstić information content (AvgIpc) is 2.94. The van der Waals surface area contributed by atoms with Crippen LogP contribution in [0.1, 0.15) is 175 Å². The molecule has 0 aromatic carbocycles. The van der Waals surface area contributed by atoms with Gasteiger partial charge in [0.2, 0.25) is 0 Å². The van der Waals surface area contributed by atoms with Gasteiger partial charge in [-0.2, -0.15) is 0 Å². The minimum Gasteiger partial charge on any atom is -0.481 e. The van der Waals surface area contributed by atoms with Crippen molar-refractivity contribution in [2.24, 2.45) is 0 Å². The predicted molar refractivity (Wildman–Crippen MR) is 185 cm³/mol. The Morgan fingerprint density at radius 3 is 1.37 bits per heavy atom. The largest absolute Gasteiger partial charge is 0.481 e. The minimum atomic E-state index is -0.675. The summed E-state index contributed by atoms with van der Waals surface area (Å²) in [4.78, 5) is 10.3. The molecule has 0 bridgehead atoms. The van der Waals surface area contributed by atoms with E-state index in [9.17, 15) is 4.79 Å². The lowest BCUT2D eigenvalue weighted by atomic mass is 10.1. The van der Waals surface area contributed by atoms with Gasteiger partial charge in [-0.3, -0.25) is 4.79 Å². The first-order chi connectivity index (χ1) is 19.9. The van der Waals surface area contributed by atoms with Crippen molar-refractivity contribution in [3.8, 4) is 0 Å². The van der Waals surface area contributed by atoms with E-state index in [1.807, 2.05) is 0 Å². The molecule has 41 heavy (non-hydrogen) atoms. The summed E-state index contributed by atoms with van der Waals surface area (Å²) >= 11 is 0. The van der Waals surface area contributed by atoms with Crippen LogP contribution in [0.2, 0.25) is 0 Å². The van der Waals surface area contributed by atoms with Crippen LogP contribution in [0.15, 0.2) is 36.5 Å². The van der Waals surface area contributed by atoms with Crippen molar-refractivity contribution in [1.29, 1.82) is 0 Å². The van der Waals surface area contributed by atoms with E-state index in [0.29, 0.717) is 6.42 Å². The first-order valence-corrected chi connectivity index (χ1v) is 17.9. The van der Waals surface area contributed by atoms with Crippen molar-refractivity contribution >= 4 is 5.97 Å². The highest BCUT2D eigenvalue weighted by molar-refractivity contribution is 5.66. The summed E-state index contributed by atoms with van der Waals surface area (Å²) in [5.74, 6) is -0.675. The zero-order valence-electron chi connectivity index (χ0n) is 28.7. The van der Waals surface area contributed by atoms with Crippen molar-refractivity contribution in [1.82, 2.24) is 0 Å². The summed E-state index contributed by atoms with van der Waals surface area (Å²) in [5.41, 5.74) is 0. The molecule has 0 fully saturated rings. The first kappa shape index (κ1) is 41.8. The Bertz CT molecular complexity index is 605. The molecule has 0 rings (SSSR count). The van der Waals surface area contributed by atoms with Crippen molar-refractivity contribution in [3.63, 3.8) is 0 Å². The summed E-state index contributed by atoms with van der Waals surface area (Å²) in [5, 5.41) is 8.50. The van der Waals surface area contributed by atoms with Gasteiger partial charge in [0.15, 0.2) is 0 Å². The van der Waals surface area contributed by atoms with Crippen LogP contribution < -0.4 is 0 Å². The third kappa shape index (κ3) is 40.8. The molecule has 0 heterocycles. The van der Waals surface area contributed by atoms with Gasteiger partial charge in [0.1, 0.15) is 0 Å². The van der Waals surface area contributed by atoms with Crippen LogP contribution in [-0.2, 0) is 4.79 Å². The second-order valence-electron chi connectivity index (χ2n) is 12.6. The smallest absolute Gasteiger partial charge is 0.303 e. The number of nitrogens with zero attached hydrogens (tertiary/aromatic N) is 1. The van der Waals surface area contributed by atoms with Crippen LogP contribution >= 0.6 is 0 Å². The summed E-state index contributed by atoms with van der Waals surface area (Å²) in [6.07, 6.45) is 43.4. The second-order valence-corrected chi connectivity index (χ2v) is 12.6. The molecule has 242 valence electrons. The normalized spacial score (nSPS) is 12.0. The van der Waals surface area contributed by atoms with Gasteiger partial charge in [-0.1, -0.05) is 141 Å².